The minimum atomic E-state index is 0.000980. The molecule has 1 fully saturated rings. The molecule has 0 aliphatic carbocycles. The van der Waals surface area contributed by atoms with Crippen molar-refractivity contribution in [3.63, 3.8) is 0 Å². The average Bonchev–Trinajstić information content (AvgIpc) is 2.77. The van der Waals surface area contributed by atoms with Gasteiger partial charge in [-0.1, -0.05) is 22.9 Å². The molecule has 4 heteroatoms. The number of hydrogen-bond donors (Lipinski definition) is 1. The predicted octanol–water partition coefficient (Wildman–Crippen LogP) is 3.35. The van der Waals surface area contributed by atoms with Crippen LogP contribution in [0.15, 0.2) is 22.7 Å². The SMILES string of the molecule is CCCNC1CC2(CCN(C)C2)Oc2ccc(Br)cc21. The Labute approximate surface area is 129 Å². The number of likely N-dealkylation sites (tertiary alicyclic amines) is 1. The van der Waals surface area contributed by atoms with Crippen LogP contribution in [0.5, 0.6) is 5.75 Å². The molecule has 3 rings (SSSR count). The summed E-state index contributed by atoms with van der Waals surface area (Å²) in [6.45, 7) is 5.44. The maximum Gasteiger partial charge on any atom is 0.125 e. The Hall–Kier alpha value is -0.580. The summed E-state index contributed by atoms with van der Waals surface area (Å²) in [6, 6.07) is 6.80. The summed E-state index contributed by atoms with van der Waals surface area (Å²) >= 11 is 3.58. The minimum absolute atomic E-state index is 0.000980. The summed E-state index contributed by atoms with van der Waals surface area (Å²) in [6.07, 6.45) is 3.36. The van der Waals surface area contributed by atoms with Crippen molar-refractivity contribution in [2.24, 2.45) is 0 Å². The van der Waals surface area contributed by atoms with E-state index in [4.69, 9.17) is 4.74 Å². The normalized spacial score (nSPS) is 29.4. The highest BCUT2D eigenvalue weighted by atomic mass is 79.9. The molecule has 2 aliphatic rings. The molecule has 0 saturated carbocycles. The van der Waals surface area contributed by atoms with Crippen LogP contribution < -0.4 is 10.1 Å². The van der Waals surface area contributed by atoms with Gasteiger partial charge in [0.05, 0.1) is 0 Å². The first-order chi connectivity index (χ1) is 9.62. The van der Waals surface area contributed by atoms with Gasteiger partial charge in [0.15, 0.2) is 0 Å². The molecule has 2 aliphatic heterocycles. The van der Waals surface area contributed by atoms with E-state index in [1.165, 1.54) is 5.56 Å². The molecule has 2 heterocycles. The summed E-state index contributed by atoms with van der Waals surface area (Å²) in [5, 5.41) is 3.70. The predicted molar refractivity (Wildman–Crippen MR) is 85.3 cm³/mol. The summed E-state index contributed by atoms with van der Waals surface area (Å²) < 4.78 is 7.54. The van der Waals surface area contributed by atoms with Crippen LogP contribution in [-0.4, -0.2) is 37.2 Å². The van der Waals surface area contributed by atoms with Crippen LogP contribution in [0.4, 0.5) is 0 Å². The number of halogens is 1. The molecule has 0 radical (unpaired) electrons. The Bertz CT molecular complexity index is 493. The van der Waals surface area contributed by atoms with Crippen molar-refractivity contribution in [3.8, 4) is 5.75 Å². The number of likely N-dealkylation sites (N-methyl/N-ethyl adjacent to an activating group) is 1. The summed E-state index contributed by atoms with van der Waals surface area (Å²) in [5.41, 5.74) is 1.30. The van der Waals surface area contributed by atoms with Crippen LogP contribution in [-0.2, 0) is 0 Å². The van der Waals surface area contributed by atoms with Crippen molar-refractivity contribution in [2.75, 3.05) is 26.7 Å². The first kappa shape index (κ1) is 14.4. The van der Waals surface area contributed by atoms with Crippen LogP contribution in [0.1, 0.15) is 37.8 Å². The average molecular weight is 339 g/mol. The quantitative estimate of drug-likeness (QED) is 0.914. The standard InChI is InChI=1S/C16H23BrN2O/c1-3-7-18-14-10-16(6-8-19(2)11-16)20-15-5-4-12(17)9-13(14)15/h4-5,9,14,18H,3,6-8,10-11H2,1-2H3. The topological polar surface area (TPSA) is 24.5 Å². The van der Waals surface area contributed by atoms with Crippen molar-refractivity contribution in [1.82, 2.24) is 10.2 Å². The van der Waals surface area contributed by atoms with Gasteiger partial charge in [-0.05, 0) is 38.2 Å². The van der Waals surface area contributed by atoms with Crippen LogP contribution in [0.25, 0.3) is 0 Å². The van der Waals surface area contributed by atoms with E-state index in [1.54, 1.807) is 0 Å². The van der Waals surface area contributed by atoms with Gasteiger partial charge in [0.1, 0.15) is 11.4 Å². The first-order valence-corrected chi connectivity index (χ1v) is 8.31. The second kappa shape index (κ2) is 5.66. The summed E-state index contributed by atoms with van der Waals surface area (Å²) in [7, 11) is 2.18. The van der Waals surface area contributed by atoms with Crippen LogP contribution >= 0.6 is 15.9 Å². The summed E-state index contributed by atoms with van der Waals surface area (Å²) in [5.74, 6) is 1.06. The molecule has 2 atom stereocenters. The first-order valence-electron chi connectivity index (χ1n) is 7.52. The van der Waals surface area contributed by atoms with E-state index < -0.39 is 0 Å². The number of nitrogens with one attached hydrogen (secondary N) is 1. The molecule has 1 saturated heterocycles. The van der Waals surface area contributed by atoms with E-state index in [0.29, 0.717) is 6.04 Å². The largest absolute Gasteiger partial charge is 0.485 e. The fourth-order valence-electron chi connectivity index (χ4n) is 3.44. The highest BCUT2D eigenvalue weighted by Gasteiger charge is 2.44. The molecular weight excluding hydrogens is 316 g/mol. The Morgan fingerprint density at radius 1 is 1.50 bits per heavy atom. The van der Waals surface area contributed by atoms with Crippen molar-refractivity contribution in [3.05, 3.63) is 28.2 Å². The lowest BCUT2D eigenvalue weighted by Crippen LogP contribution is -2.46. The highest BCUT2D eigenvalue weighted by Crippen LogP contribution is 2.44. The number of hydrogen-bond acceptors (Lipinski definition) is 3. The number of rotatable bonds is 3. The van der Waals surface area contributed by atoms with E-state index in [9.17, 15) is 0 Å². The molecule has 3 nitrogen and oxygen atoms in total. The minimum Gasteiger partial charge on any atom is -0.485 e. The molecule has 2 unspecified atom stereocenters. The van der Waals surface area contributed by atoms with Gasteiger partial charge in [-0.15, -0.1) is 0 Å². The Morgan fingerprint density at radius 3 is 3.05 bits per heavy atom. The fraction of sp³-hybridized carbons (Fsp3) is 0.625. The van der Waals surface area contributed by atoms with Gasteiger partial charge >= 0.3 is 0 Å². The van der Waals surface area contributed by atoms with E-state index >= 15 is 0 Å². The number of ether oxygens (including phenoxy) is 1. The lowest BCUT2D eigenvalue weighted by molar-refractivity contribution is 0.0408. The van der Waals surface area contributed by atoms with Crippen LogP contribution in [0.2, 0.25) is 0 Å². The molecule has 1 N–H and O–H groups in total. The zero-order valence-electron chi connectivity index (χ0n) is 12.3. The maximum atomic E-state index is 6.41. The maximum absolute atomic E-state index is 6.41. The van der Waals surface area contributed by atoms with Gasteiger partial charge < -0.3 is 15.0 Å². The Balaban J connectivity index is 1.91. The molecular formula is C16H23BrN2O. The second-order valence-corrected chi connectivity index (χ2v) is 7.08. The lowest BCUT2D eigenvalue weighted by atomic mass is 9.86. The van der Waals surface area contributed by atoms with Crippen LogP contribution in [0.3, 0.4) is 0 Å². The monoisotopic (exact) mass is 338 g/mol. The third kappa shape index (κ3) is 2.74. The lowest BCUT2D eigenvalue weighted by Gasteiger charge is -2.40. The molecule has 0 amide bonds. The second-order valence-electron chi connectivity index (χ2n) is 6.17. The zero-order valence-corrected chi connectivity index (χ0v) is 13.9. The highest BCUT2D eigenvalue weighted by molar-refractivity contribution is 9.10. The van der Waals surface area contributed by atoms with E-state index in [0.717, 1.165) is 49.1 Å². The molecule has 1 spiro atoms. The number of fused-ring (bicyclic) bond motifs is 1. The van der Waals surface area contributed by atoms with E-state index in [2.05, 4.69) is 58.3 Å². The van der Waals surface area contributed by atoms with E-state index in [-0.39, 0.29) is 5.60 Å². The number of benzene rings is 1. The molecule has 110 valence electrons. The van der Waals surface area contributed by atoms with Crippen molar-refractivity contribution >= 4 is 15.9 Å². The zero-order chi connectivity index (χ0) is 14.2. The fourth-order valence-corrected chi connectivity index (χ4v) is 3.82. The van der Waals surface area contributed by atoms with Crippen molar-refractivity contribution in [2.45, 2.75) is 37.8 Å². The smallest absolute Gasteiger partial charge is 0.125 e. The van der Waals surface area contributed by atoms with Gasteiger partial charge in [0.2, 0.25) is 0 Å². The molecule has 0 aromatic heterocycles. The van der Waals surface area contributed by atoms with Crippen molar-refractivity contribution < 1.29 is 4.74 Å². The van der Waals surface area contributed by atoms with Crippen LogP contribution in [0, 0.1) is 0 Å². The molecule has 20 heavy (non-hydrogen) atoms. The molecule has 1 aromatic rings. The van der Waals surface area contributed by atoms with E-state index in [1.807, 2.05) is 0 Å². The van der Waals surface area contributed by atoms with Crippen molar-refractivity contribution in [1.29, 1.82) is 0 Å². The summed E-state index contributed by atoms with van der Waals surface area (Å²) in [4.78, 5) is 2.38. The van der Waals surface area contributed by atoms with Gasteiger partial charge in [0.25, 0.3) is 0 Å². The third-order valence-corrected chi connectivity index (χ3v) is 4.89. The third-order valence-electron chi connectivity index (χ3n) is 4.40. The molecule has 1 aromatic carbocycles. The van der Waals surface area contributed by atoms with Gasteiger partial charge in [0, 0.05) is 42.0 Å². The Morgan fingerprint density at radius 2 is 2.35 bits per heavy atom. The Kier molecular flexibility index (Phi) is 4.07. The van der Waals surface area contributed by atoms with Gasteiger partial charge in [-0.2, -0.15) is 0 Å². The molecule has 0 bridgehead atoms. The number of nitrogens with zero attached hydrogens (tertiary/aromatic N) is 1. The van der Waals surface area contributed by atoms with Gasteiger partial charge in [-0.3, -0.25) is 0 Å². The van der Waals surface area contributed by atoms with Gasteiger partial charge in [-0.25, -0.2) is 0 Å².